The van der Waals surface area contributed by atoms with Gasteiger partial charge in [0.2, 0.25) is 0 Å². The molecule has 3 rings (SSSR count). The number of carbonyl (C=O) groups excluding carboxylic acids is 2. The van der Waals surface area contributed by atoms with E-state index in [0.717, 1.165) is 30.3 Å². The Kier molecular flexibility index (Phi) is 4.84. The van der Waals surface area contributed by atoms with E-state index in [1.165, 1.54) is 0 Å². The van der Waals surface area contributed by atoms with Crippen molar-refractivity contribution in [3.8, 4) is 0 Å². The zero-order valence-corrected chi connectivity index (χ0v) is 14.2. The van der Waals surface area contributed by atoms with Gasteiger partial charge in [-0.05, 0) is 35.1 Å². The van der Waals surface area contributed by atoms with Crippen LogP contribution in [0.2, 0.25) is 0 Å². The van der Waals surface area contributed by atoms with E-state index in [2.05, 4.69) is 13.8 Å². The van der Waals surface area contributed by atoms with Crippen molar-refractivity contribution in [3.63, 3.8) is 0 Å². The number of nitrogens with zero attached hydrogens (tertiary/aromatic N) is 1. The summed E-state index contributed by atoms with van der Waals surface area (Å²) >= 11 is 0. The van der Waals surface area contributed by atoms with E-state index in [1.54, 1.807) is 6.07 Å². The van der Waals surface area contributed by atoms with Crippen LogP contribution in [0.15, 0.2) is 42.5 Å². The van der Waals surface area contributed by atoms with Gasteiger partial charge in [0.05, 0.1) is 5.56 Å². The quantitative estimate of drug-likeness (QED) is 0.812. The third-order valence-corrected chi connectivity index (χ3v) is 4.56. The number of likely N-dealkylation sites (tertiary alicyclic amines) is 1. The second-order valence-corrected chi connectivity index (χ2v) is 6.85. The van der Waals surface area contributed by atoms with Gasteiger partial charge < -0.3 is 9.64 Å². The minimum atomic E-state index is -0.446. The molecular weight excluding hydrogens is 302 g/mol. The van der Waals surface area contributed by atoms with Crippen molar-refractivity contribution in [3.05, 3.63) is 48.0 Å². The van der Waals surface area contributed by atoms with Gasteiger partial charge in [-0.15, -0.1) is 0 Å². The molecule has 1 aliphatic heterocycles. The molecule has 2 atom stereocenters. The fourth-order valence-electron chi connectivity index (χ4n) is 3.57. The minimum absolute atomic E-state index is 0.109. The summed E-state index contributed by atoms with van der Waals surface area (Å²) in [5.74, 6) is 0.429. The standard InChI is InChI=1S/C20H23NO3/c1-14-10-15(2)12-21(11-14)19(22)13-24-20(23)18-9-5-7-16-6-3-4-8-17(16)18/h3-9,14-15H,10-13H2,1-2H3/t14-,15+. The lowest BCUT2D eigenvalue weighted by atomic mass is 9.92. The first-order valence-corrected chi connectivity index (χ1v) is 8.47. The van der Waals surface area contributed by atoms with Crippen molar-refractivity contribution in [2.75, 3.05) is 19.7 Å². The van der Waals surface area contributed by atoms with Gasteiger partial charge in [0.15, 0.2) is 6.61 Å². The highest BCUT2D eigenvalue weighted by Crippen LogP contribution is 2.22. The van der Waals surface area contributed by atoms with Gasteiger partial charge in [0.1, 0.15) is 0 Å². The third kappa shape index (κ3) is 3.58. The van der Waals surface area contributed by atoms with Gasteiger partial charge in [0.25, 0.3) is 5.91 Å². The predicted octanol–water partition coefficient (Wildman–Crippen LogP) is 3.50. The van der Waals surface area contributed by atoms with Crippen molar-refractivity contribution in [2.24, 2.45) is 11.8 Å². The van der Waals surface area contributed by atoms with Crippen LogP contribution in [0.1, 0.15) is 30.6 Å². The summed E-state index contributed by atoms with van der Waals surface area (Å²) in [4.78, 5) is 26.5. The van der Waals surface area contributed by atoms with Crippen LogP contribution in [0.25, 0.3) is 10.8 Å². The lowest BCUT2D eigenvalue weighted by Gasteiger charge is -2.34. The Morgan fingerprint density at radius 3 is 2.46 bits per heavy atom. The minimum Gasteiger partial charge on any atom is -0.452 e. The maximum Gasteiger partial charge on any atom is 0.339 e. The zero-order valence-electron chi connectivity index (χ0n) is 14.2. The molecule has 0 aromatic heterocycles. The Balaban J connectivity index is 1.65. The largest absolute Gasteiger partial charge is 0.452 e. The first-order chi connectivity index (χ1) is 11.5. The topological polar surface area (TPSA) is 46.6 Å². The number of ether oxygens (including phenoxy) is 1. The summed E-state index contributed by atoms with van der Waals surface area (Å²) < 4.78 is 5.29. The molecule has 0 spiro atoms. The summed E-state index contributed by atoms with van der Waals surface area (Å²) in [7, 11) is 0. The maximum atomic E-state index is 12.4. The van der Waals surface area contributed by atoms with E-state index in [-0.39, 0.29) is 12.5 Å². The summed E-state index contributed by atoms with van der Waals surface area (Å²) in [6.07, 6.45) is 1.14. The molecule has 1 saturated heterocycles. The maximum absolute atomic E-state index is 12.4. The van der Waals surface area contributed by atoms with E-state index in [1.807, 2.05) is 41.3 Å². The Hall–Kier alpha value is -2.36. The Labute approximate surface area is 142 Å². The van der Waals surface area contributed by atoms with Crippen LogP contribution in [0.4, 0.5) is 0 Å². The smallest absolute Gasteiger partial charge is 0.339 e. The van der Waals surface area contributed by atoms with Gasteiger partial charge in [-0.25, -0.2) is 4.79 Å². The summed E-state index contributed by atoms with van der Waals surface area (Å²) in [5, 5.41) is 1.83. The van der Waals surface area contributed by atoms with Crippen molar-refractivity contribution in [2.45, 2.75) is 20.3 Å². The predicted molar refractivity (Wildman–Crippen MR) is 93.8 cm³/mol. The number of rotatable bonds is 3. The number of hydrogen-bond acceptors (Lipinski definition) is 3. The number of carbonyl (C=O) groups is 2. The van der Waals surface area contributed by atoms with Crippen molar-refractivity contribution < 1.29 is 14.3 Å². The first kappa shape index (κ1) is 16.5. The Morgan fingerprint density at radius 1 is 1.04 bits per heavy atom. The third-order valence-electron chi connectivity index (χ3n) is 4.56. The summed E-state index contributed by atoms with van der Waals surface area (Å²) in [5.41, 5.74) is 0.501. The first-order valence-electron chi connectivity index (χ1n) is 8.47. The molecule has 2 aromatic carbocycles. The highest BCUT2D eigenvalue weighted by molar-refractivity contribution is 6.04. The summed E-state index contributed by atoms with van der Waals surface area (Å²) in [6, 6.07) is 13.2. The molecule has 0 N–H and O–H groups in total. The molecule has 0 aliphatic carbocycles. The lowest BCUT2D eigenvalue weighted by molar-refractivity contribution is -0.137. The van der Waals surface area contributed by atoms with Crippen LogP contribution in [0.3, 0.4) is 0 Å². The molecule has 1 heterocycles. The molecule has 2 aromatic rings. The average Bonchev–Trinajstić information content (AvgIpc) is 2.58. The fourth-order valence-corrected chi connectivity index (χ4v) is 3.57. The molecular formula is C20H23NO3. The average molecular weight is 325 g/mol. The van der Waals surface area contributed by atoms with Crippen LogP contribution in [0.5, 0.6) is 0 Å². The van der Waals surface area contributed by atoms with Gasteiger partial charge in [0, 0.05) is 13.1 Å². The molecule has 126 valence electrons. The second-order valence-electron chi connectivity index (χ2n) is 6.85. The molecule has 24 heavy (non-hydrogen) atoms. The van der Waals surface area contributed by atoms with Crippen LogP contribution in [-0.2, 0) is 9.53 Å². The number of fused-ring (bicyclic) bond motifs is 1. The van der Waals surface area contributed by atoms with Gasteiger partial charge in [-0.1, -0.05) is 50.2 Å². The molecule has 0 unspecified atom stereocenters. The second kappa shape index (κ2) is 7.04. The lowest BCUT2D eigenvalue weighted by Crippen LogP contribution is -2.44. The summed E-state index contributed by atoms with van der Waals surface area (Å²) in [6.45, 7) is 5.60. The SMILES string of the molecule is C[C@@H]1C[C@H](C)CN(C(=O)COC(=O)c2cccc3ccccc23)C1. The monoisotopic (exact) mass is 325 g/mol. The van der Waals surface area contributed by atoms with E-state index in [4.69, 9.17) is 4.74 Å². The molecule has 0 saturated carbocycles. The number of amides is 1. The molecule has 0 bridgehead atoms. The van der Waals surface area contributed by atoms with E-state index >= 15 is 0 Å². The number of esters is 1. The number of hydrogen-bond donors (Lipinski definition) is 0. The highest BCUT2D eigenvalue weighted by Gasteiger charge is 2.26. The zero-order chi connectivity index (χ0) is 17.1. The van der Waals surface area contributed by atoms with E-state index < -0.39 is 5.97 Å². The van der Waals surface area contributed by atoms with Crippen LogP contribution >= 0.6 is 0 Å². The van der Waals surface area contributed by atoms with Crippen molar-refractivity contribution >= 4 is 22.6 Å². The van der Waals surface area contributed by atoms with Crippen LogP contribution in [0, 0.1) is 11.8 Å². The van der Waals surface area contributed by atoms with Crippen LogP contribution < -0.4 is 0 Å². The molecule has 1 aliphatic rings. The number of benzene rings is 2. The van der Waals surface area contributed by atoms with Crippen LogP contribution in [-0.4, -0.2) is 36.5 Å². The molecule has 0 radical (unpaired) electrons. The number of piperidine rings is 1. The molecule has 4 heteroatoms. The van der Waals surface area contributed by atoms with Gasteiger partial charge >= 0.3 is 5.97 Å². The van der Waals surface area contributed by atoms with Crippen molar-refractivity contribution in [1.29, 1.82) is 0 Å². The Morgan fingerprint density at radius 2 is 1.71 bits per heavy atom. The van der Waals surface area contributed by atoms with Crippen molar-refractivity contribution in [1.82, 2.24) is 4.90 Å². The Bertz CT molecular complexity index is 740. The van der Waals surface area contributed by atoms with Gasteiger partial charge in [-0.3, -0.25) is 4.79 Å². The normalized spacial score (nSPS) is 20.8. The molecule has 4 nitrogen and oxygen atoms in total. The van der Waals surface area contributed by atoms with Gasteiger partial charge in [-0.2, -0.15) is 0 Å². The van der Waals surface area contributed by atoms with E-state index in [9.17, 15) is 9.59 Å². The molecule has 1 fully saturated rings. The highest BCUT2D eigenvalue weighted by atomic mass is 16.5. The fraction of sp³-hybridized carbons (Fsp3) is 0.400. The van der Waals surface area contributed by atoms with E-state index in [0.29, 0.717) is 17.4 Å². The molecule has 1 amide bonds.